The summed E-state index contributed by atoms with van der Waals surface area (Å²) in [5.74, 6) is 0. The van der Waals surface area contributed by atoms with Crippen molar-refractivity contribution in [1.82, 2.24) is 0 Å². The summed E-state index contributed by atoms with van der Waals surface area (Å²) < 4.78 is 0. The first kappa shape index (κ1) is 21.8. The van der Waals surface area contributed by atoms with Crippen LogP contribution < -0.4 is 24.8 Å². The SMILES string of the molecule is CC(C)=C1C=CC=C1.[Cl-].[Cl-].[Zr+3].c1ccc2[cH-]ccc2c1. The van der Waals surface area contributed by atoms with Gasteiger partial charge in [-0.15, -0.1) is 29.7 Å². The molecule has 3 heteroatoms. The molecule has 0 spiro atoms. The van der Waals surface area contributed by atoms with E-state index in [0.717, 1.165) is 0 Å². The number of fused-ring (bicyclic) bond motifs is 1. The summed E-state index contributed by atoms with van der Waals surface area (Å²) in [5.41, 5.74) is 2.74. The molecule has 0 nitrogen and oxygen atoms in total. The van der Waals surface area contributed by atoms with Crippen molar-refractivity contribution in [2.24, 2.45) is 0 Å². The molecule has 0 atom stereocenters. The number of halogens is 2. The van der Waals surface area contributed by atoms with Crippen LogP contribution in [0.3, 0.4) is 0 Å². The third-order valence-electron chi connectivity index (χ3n) is 2.79. The molecule has 0 N–H and O–H groups in total. The molecule has 0 saturated carbocycles. The van der Waals surface area contributed by atoms with Gasteiger partial charge in [-0.2, -0.15) is 17.5 Å². The molecule has 0 saturated heterocycles. The second-order valence-corrected chi connectivity index (χ2v) is 4.33. The van der Waals surface area contributed by atoms with Crippen molar-refractivity contribution < 1.29 is 51.0 Å². The first-order valence-corrected chi connectivity index (χ1v) is 5.90. The zero-order valence-electron chi connectivity index (χ0n) is 11.6. The molecule has 20 heavy (non-hydrogen) atoms. The molecule has 0 bridgehead atoms. The van der Waals surface area contributed by atoms with Crippen LogP contribution in [0.4, 0.5) is 0 Å². The van der Waals surface area contributed by atoms with Crippen molar-refractivity contribution >= 4 is 10.8 Å². The number of hydrogen-bond donors (Lipinski definition) is 0. The van der Waals surface area contributed by atoms with Gasteiger partial charge in [-0.05, 0) is 19.4 Å². The van der Waals surface area contributed by atoms with Gasteiger partial charge >= 0.3 is 26.2 Å². The van der Waals surface area contributed by atoms with Gasteiger partial charge in [0.15, 0.2) is 0 Å². The van der Waals surface area contributed by atoms with Crippen molar-refractivity contribution in [3.05, 3.63) is 77.9 Å². The second-order valence-electron chi connectivity index (χ2n) is 4.33. The molecule has 3 rings (SSSR count). The normalized spacial score (nSPS) is 10.8. The van der Waals surface area contributed by atoms with Crippen molar-refractivity contribution in [1.29, 1.82) is 0 Å². The van der Waals surface area contributed by atoms with Crippen molar-refractivity contribution in [2.75, 3.05) is 0 Å². The quantitative estimate of drug-likeness (QED) is 0.513. The Balaban J connectivity index is 0. The van der Waals surface area contributed by atoms with Crippen molar-refractivity contribution in [3.8, 4) is 0 Å². The standard InChI is InChI=1S/C9H7.C8H10.2ClH.Zr/c1-2-5-9-7-3-6-8(9)4-1;1-7(2)8-5-3-4-6-8;;;/h1-7H;3-6H,1-2H3;2*1H;/q-1;;;;+3/p-2. The largest absolute Gasteiger partial charge is 3.00 e. The molecule has 2 aromatic carbocycles. The number of rotatable bonds is 0. The van der Waals surface area contributed by atoms with Gasteiger partial charge in [0.2, 0.25) is 0 Å². The fourth-order valence-corrected chi connectivity index (χ4v) is 1.78. The maximum Gasteiger partial charge on any atom is 3.00 e. The Morgan fingerprint density at radius 2 is 1.50 bits per heavy atom. The summed E-state index contributed by atoms with van der Waals surface area (Å²) in [6.07, 6.45) is 8.36. The molecule has 1 aliphatic carbocycles. The van der Waals surface area contributed by atoms with Gasteiger partial charge < -0.3 is 24.8 Å². The van der Waals surface area contributed by atoms with Gasteiger partial charge in [0.05, 0.1) is 0 Å². The van der Waals surface area contributed by atoms with Gasteiger partial charge in [0, 0.05) is 0 Å². The Hall–Kier alpha value is -0.487. The van der Waals surface area contributed by atoms with E-state index in [-0.39, 0.29) is 51.0 Å². The first-order chi connectivity index (χ1) is 8.27. The maximum absolute atomic E-state index is 2.12. The maximum atomic E-state index is 2.12. The summed E-state index contributed by atoms with van der Waals surface area (Å²) in [6, 6.07) is 14.7. The molecule has 2 aromatic rings. The van der Waals surface area contributed by atoms with E-state index in [1.165, 1.54) is 21.9 Å². The van der Waals surface area contributed by atoms with E-state index in [4.69, 9.17) is 0 Å². The first-order valence-electron chi connectivity index (χ1n) is 5.90. The zero-order chi connectivity index (χ0) is 12.1. The van der Waals surface area contributed by atoms with E-state index in [1.54, 1.807) is 0 Å². The fourth-order valence-electron chi connectivity index (χ4n) is 1.78. The van der Waals surface area contributed by atoms with Crippen molar-refractivity contribution in [3.63, 3.8) is 0 Å². The molecule has 0 aliphatic heterocycles. The Morgan fingerprint density at radius 1 is 0.900 bits per heavy atom. The van der Waals surface area contributed by atoms with E-state index in [9.17, 15) is 0 Å². The van der Waals surface area contributed by atoms with Crippen LogP contribution in [-0.2, 0) is 26.2 Å². The van der Waals surface area contributed by atoms with Gasteiger partial charge in [0.1, 0.15) is 0 Å². The van der Waals surface area contributed by atoms with E-state index in [0.29, 0.717) is 0 Å². The Morgan fingerprint density at radius 3 is 2.00 bits per heavy atom. The van der Waals surface area contributed by atoms with Crippen LogP contribution in [0.1, 0.15) is 13.8 Å². The minimum Gasteiger partial charge on any atom is -1.00 e. The van der Waals surface area contributed by atoms with E-state index in [2.05, 4.69) is 80.6 Å². The van der Waals surface area contributed by atoms with Gasteiger partial charge in [-0.25, -0.2) is 0 Å². The van der Waals surface area contributed by atoms with Gasteiger partial charge in [-0.1, -0.05) is 35.9 Å². The topological polar surface area (TPSA) is 0 Å². The van der Waals surface area contributed by atoms with Crippen LogP contribution in [0.5, 0.6) is 0 Å². The zero-order valence-corrected chi connectivity index (χ0v) is 15.6. The molecule has 0 unspecified atom stereocenters. The van der Waals surface area contributed by atoms with E-state index in [1.807, 2.05) is 0 Å². The average Bonchev–Trinajstić information content (AvgIpc) is 3.01. The third kappa shape index (κ3) is 6.31. The van der Waals surface area contributed by atoms with Crippen LogP contribution in [-0.4, -0.2) is 0 Å². The molecule has 0 amide bonds. The molecular weight excluding hydrogens is 366 g/mol. The minimum absolute atomic E-state index is 0. The van der Waals surface area contributed by atoms with Crippen LogP contribution in [0.2, 0.25) is 0 Å². The Labute approximate surface area is 153 Å². The number of allylic oxidation sites excluding steroid dienone is 6. The van der Waals surface area contributed by atoms with Crippen LogP contribution in [0.25, 0.3) is 10.8 Å². The van der Waals surface area contributed by atoms with Crippen molar-refractivity contribution in [2.45, 2.75) is 13.8 Å². The predicted molar refractivity (Wildman–Crippen MR) is 76.2 cm³/mol. The smallest absolute Gasteiger partial charge is 1.00 e. The van der Waals surface area contributed by atoms with E-state index >= 15 is 0 Å². The molecule has 0 fully saturated rings. The molecule has 103 valence electrons. The minimum atomic E-state index is 0. The molecule has 0 heterocycles. The monoisotopic (exact) mass is 381 g/mol. The molecule has 0 aromatic heterocycles. The van der Waals surface area contributed by atoms with Crippen LogP contribution >= 0.6 is 0 Å². The van der Waals surface area contributed by atoms with Crippen LogP contribution in [0, 0.1) is 0 Å². The summed E-state index contributed by atoms with van der Waals surface area (Å²) in [5, 5.41) is 2.66. The second kappa shape index (κ2) is 11.2. The summed E-state index contributed by atoms with van der Waals surface area (Å²) in [7, 11) is 0. The summed E-state index contributed by atoms with van der Waals surface area (Å²) in [6.45, 7) is 4.24. The van der Waals surface area contributed by atoms with Crippen LogP contribution in [0.15, 0.2) is 77.9 Å². The van der Waals surface area contributed by atoms with Gasteiger partial charge in [0.25, 0.3) is 0 Å². The molecule has 1 radical (unpaired) electrons. The Kier molecular flexibility index (Phi) is 12.2. The summed E-state index contributed by atoms with van der Waals surface area (Å²) in [4.78, 5) is 0. The number of benzene rings is 1. The van der Waals surface area contributed by atoms with E-state index < -0.39 is 0 Å². The molecule has 1 aliphatic rings. The molecular formula is C17H17Cl2Zr. The number of hydrogen-bond acceptors (Lipinski definition) is 0. The summed E-state index contributed by atoms with van der Waals surface area (Å²) >= 11 is 0. The van der Waals surface area contributed by atoms with Gasteiger partial charge in [-0.3, -0.25) is 0 Å². The fraction of sp³-hybridized carbons (Fsp3) is 0.118. The third-order valence-corrected chi connectivity index (χ3v) is 2.79. The predicted octanol–water partition coefficient (Wildman–Crippen LogP) is -0.987. The Bertz CT molecular complexity index is 544. The average molecular weight is 383 g/mol.